The van der Waals surface area contributed by atoms with Gasteiger partial charge in [0.1, 0.15) is 0 Å². The highest BCUT2D eigenvalue weighted by atomic mass is 16.5. The van der Waals surface area contributed by atoms with Crippen molar-refractivity contribution in [2.75, 3.05) is 53.3 Å². The first-order valence-electron chi connectivity index (χ1n) is 9.81. The van der Waals surface area contributed by atoms with Crippen LogP contribution in [-0.4, -0.2) is 42.7 Å². The molecule has 0 amide bonds. The molecule has 0 radical (unpaired) electrons. The van der Waals surface area contributed by atoms with Crippen molar-refractivity contribution in [2.24, 2.45) is 0 Å². The van der Waals surface area contributed by atoms with Gasteiger partial charge in [-0.2, -0.15) is 0 Å². The second kappa shape index (κ2) is 10.4. The van der Waals surface area contributed by atoms with Gasteiger partial charge < -0.3 is 39.1 Å². The van der Waals surface area contributed by atoms with E-state index < -0.39 is 0 Å². The average Bonchev–Trinajstić information content (AvgIpc) is 2.83. The van der Waals surface area contributed by atoms with Crippen molar-refractivity contribution in [3.63, 3.8) is 0 Å². The molecule has 0 aromatic heterocycles. The van der Waals surface area contributed by atoms with E-state index in [0.717, 1.165) is 22.7 Å². The van der Waals surface area contributed by atoms with E-state index in [1.54, 1.807) is 42.7 Å². The van der Waals surface area contributed by atoms with E-state index in [4.69, 9.17) is 28.4 Å². The van der Waals surface area contributed by atoms with E-state index >= 15 is 0 Å². The lowest BCUT2D eigenvalue weighted by atomic mass is 10.2. The minimum atomic E-state index is 0.547. The third-order valence-electron chi connectivity index (χ3n) is 4.79. The molecule has 0 atom stereocenters. The van der Waals surface area contributed by atoms with Crippen LogP contribution in [0.5, 0.6) is 34.5 Å². The van der Waals surface area contributed by atoms with Crippen LogP contribution in [0.25, 0.3) is 0 Å². The minimum Gasteiger partial charge on any atom is -0.493 e. The molecule has 0 saturated heterocycles. The van der Waals surface area contributed by atoms with E-state index in [1.807, 2.05) is 48.5 Å². The lowest BCUT2D eigenvalue weighted by molar-refractivity contribution is 0.324. The molecule has 8 nitrogen and oxygen atoms in total. The molecule has 32 heavy (non-hydrogen) atoms. The fraction of sp³-hybridized carbons (Fsp3) is 0.250. The molecular formula is C24H28N2O6. The van der Waals surface area contributed by atoms with Crippen LogP contribution in [0.4, 0.5) is 22.7 Å². The van der Waals surface area contributed by atoms with Crippen LogP contribution in [0.15, 0.2) is 48.5 Å². The topological polar surface area (TPSA) is 79.4 Å². The Kier molecular flexibility index (Phi) is 7.38. The largest absolute Gasteiger partial charge is 0.493 e. The van der Waals surface area contributed by atoms with Crippen LogP contribution < -0.4 is 39.1 Å². The zero-order chi connectivity index (χ0) is 23.1. The Morgan fingerprint density at radius 1 is 0.406 bits per heavy atom. The van der Waals surface area contributed by atoms with Gasteiger partial charge >= 0.3 is 0 Å². The summed E-state index contributed by atoms with van der Waals surface area (Å²) in [6.45, 7) is 0. The normalized spacial score (nSPS) is 10.2. The summed E-state index contributed by atoms with van der Waals surface area (Å²) < 4.78 is 32.4. The SMILES string of the molecule is COc1cc(Nc2ccc(Nc3cc(OC)c(OC)c(OC)c3)cc2)cc(OC)c1OC. The summed E-state index contributed by atoms with van der Waals surface area (Å²) in [7, 11) is 9.51. The van der Waals surface area contributed by atoms with Gasteiger partial charge in [0.15, 0.2) is 23.0 Å². The van der Waals surface area contributed by atoms with Crippen molar-refractivity contribution in [3.8, 4) is 34.5 Å². The Morgan fingerprint density at radius 2 is 0.688 bits per heavy atom. The van der Waals surface area contributed by atoms with Gasteiger partial charge in [-0.3, -0.25) is 0 Å². The highest BCUT2D eigenvalue weighted by Gasteiger charge is 2.14. The maximum Gasteiger partial charge on any atom is 0.203 e. The van der Waals surface area contributed by atoms with Gasteiger partial charge in [-0.15, -0.1) is 0 Å². The van der Waals surface area contributed by atoms with E-state index in [9.17, 15) is 0 Å². The monoisotopic (exact) mass is 440 g/mol. The Morgan fingerprint density at radius 3 is 0.906 bits per heavy atom. The van der Waals surface area contributed by atoms with Crippen molar-refractivity contribution in [3.05, 3.63) is 48.5 Å². The summed E-state index contributed by atoms with van der Waals surface area (Å²) in [5.41, 5.74) is 3.42. The van der Waals surface area contributed by atoms with Gasteiger partial charge in [0.2, 0.25) is 11.5 Å². The van der Waals surface area contributed by atoms with E-state index in [0.29, 0.717) is 34.5 Å². The van der Waals surface area contributed by atoms with Gasteiger partial charge in [0.05, 0.1) is 42.7 Å². The van der Waals surface area contributed by atoms with Crippen molar-refractivity contribution < 1.29 is 28.4 Å². The first kappa shape index (κ1) is 22.7. The van der Waals surface area contributed by atoms with Crippen molar-refractivity contribution >= 4 is 22.7 Å². The summed E-state index contributed by atoms with van der Waals surface area (Å²) in [5, 5.41) is 6.69. The fourth-order valence-electron chi connectivity index (χ4n) is 3.28. The summed E-state index contributed by atoms with van der Waals surface area (Å²) >= 11 is 0. The first-order chi connectivity index (χ1) is 15.6. The number of benzene rings is 3. The molecular weight excluding hydrogens is 412 g/mol. The van der Waals surface area contributed by atoms with Crippen LogP contribution in [0.3, 0.4) is 0 Å². The number of methoxy groups -OCH3 is 6. The highest BCUT2D eigenvalue weighted by molar-refractivity contribution is 5.71. The Hall–Kier alpha value is -3.94. The molecule has 8 heteroatoms. The molecule has 0 aliphatic carbocycles. The van der Waals surface area contributed by atoms with Crippen molar-refractivity contribution in [1.29, 1.82) is 0 Å². The molecule has 3 aromatic rings. The molecule has 0 aliphatic rings. The Labute approximate surface area is 188 Å². The number of nitrogens with one attached hydrogen (secondary N) is 2. The van der Waals surface area contributed by atoms with Gasteiger partial charge in [-0.1, -0.05) is 0 Å². The fourth-order valence-corrected chi connectivity index (χ4v) is 3.28. The number of hydrogen-bond donors (Lipinski definition) is 2. The molecule has 0 aliphatic heterocycles. The minimum absolute atomic E-state index is 0.547. The van der Waals surface area contributed by atoms with Gasteiger partial charge in [-0.25, -0.2) is 0 Å². The molecule has 0 bridgehead atoms. The molecule has 2 N–H and O–H groups in total. The quantitative estimate of drug-likeness (QED) is 0.444. The van der Waals surface area contributed by atoms with Gasteiger partial charge in [0.25, 0.3) is 0 Å². The van der Waals surface area contributed by atoms with Crippen molar-refractivity contribution in [1.82, 2.24) is 0 Å². The van der Waals surface area contributed by atoms with Crippen LogP contribution in [0.2, 0.25) is 0 Å². The van der Waals surface area contributed by atoms with Gasteiger partial charge in [-0.05, 0) is 24.3 Å². The molecule has 0 fully saturated rings. The van der Waals surface area contributed by atoms with E-state index in [-0.39, 0.29) is 0 Å². The second-order valence-corrected chi connectivity index (χ2v) is 6.66. The van der Waals surface area contributed by atoms with Crippen LogP contribution >= 0.6 is 0 Å². The second-order valence-electron chi connectivity index (χ2n) is 6.66. The highest BCUT2D eigenvalue weighted by Crippen LogP contribution is 2.42. The van der Waals surface area contributed by atoms with E-state index in [1.165, 1.54) is 0 Å². The number of anilines is 4. The molecule has 170 valence electrons. The molecule has 0 heterocycles. The molecule has 0 spiro atoms. The van der Waals surface area contributed by atoms with Crippen LogP contribution in [0.1, 0.15) is 0 Å². The third-order valence-corrected chi connectivity index (χ3v) is 4.79. The Bertz CT molecular complexity index is 918. The van der Waals surface area contributed by atoms with Crippen LogP contribution in [-0.2, 0) is 0 Å². The first-order valence-corrected chi connectivity index (χ1v) is 9.81. The number of rotatable bonds is 10. The zero-order valence-electron chi connectivity index (χ0n) is 19.1. The molecule has 3 rings (SSSR count). The average molecular weight is 440 g/mol. The summed E-state index contributed by atoms with van der Waals surface area (Å²) in [5.74, 6) is 3.41. The number of hydrogen-bond acceptors (Lipinski definition) is 8. The maximum absolute atomic E-state index is 5.41. The van der Waals surface area contributed by atoms with Crippen molar-refractivity contribution in [2.45, 2.75) is 0 Å². The lowest BCUT2D eigenvalue weighted by Gasteiger charge is -2.16. The van der Waals surface area contributed by atoms with Crippen LogP contribution in [0, 0.1) is 0 Å². The summed E-state index contributed by atoms with van der Waals surface area (Å²) in [4.78, 5) is 0. The Balaban J connectivity index is 1.79. The summed E-state index contributed by atoms with van der Waals surface area (Å²) in [6, 6.07) is 15.2. The standard InChI is InChI=1S/C24H28N2O6/c1-27-19-11-17(12-20(28-2)23(19)31-5)25-15-7-9-16(10-8-15)26-18-13-21(29-3)24(32-6)22(14-18)30-4/h7-14,25-26H,1-6H3. The summed E-state index contributed by atoms with van der Waals surface area (Å²) in [6.07, 6.45) is 0. The maximum atomic E-state index is 5.41. The third kappa shape index (κ3) is 4.85. The predicted octanol–water partition coefficient (Wildman–Crippen LogP) is 5.23. The van der Waals surface area contributed by atoms with E-state index in [2.05, 4.69) is 10.6 Å². The number of ether oxygens (including phenoxy) is 6. The molecule has 0 saturated carbocycles. The molecule has 0 unspecified atom stereocenters. The molecule has 3 aromatic carbocycles. The van der Waals surface area contributed by atoms with Gasteiger partial charge in [0, 0.05) is 47.0 Å². The zero-order valence-corrected chi connectivity index (χ0v) is 19.1. The lowest BCUT2D eigenvalue weighted by Crippen LogP contribution is -1.99. The predicted molar refractivity (Wildman–Crippen MR) is 125 cm³/mol. The smallest absolute Gasteiger partial charge is 0.203 e.